The second-order valence-corrected chi connectivity index (χ2v) is 7.06. The second-order valence-electron chi connectivity index (χ2n) is 7.06. The molecule has 0 atom stereocenters. The van der Waals surface area contributed by atoms with Crippen LogP contribution < -0.4 is 10.1 Å². The van der Waals surface area contributed by atoms with Crippen LogP contribution >= 0.6 is 0 Å². The highest BCUT2D eigenvalue weighted by Gasteiger charge is 2.31. The van der Waals surface area contributed by atoms with Gasteiger partial charge in [-0.3, -0.25) is 14.6 Å². The van der Waals surface area contributed by atoms with Crippen LogP contribution in [0.25, 0.3) is 0 Å². The molecule has 1 aliphatic heterocycles. The molecule has 2 aromatic heterocycles. The van der Waals surface area contributed by atoms with E-state index in [1.54, 1.807) is 24.0 Å². The number of carbonyl (C=O) groups excluding carboxylic acids is 2. The molecule has 11 heteroatoms. The summed E-state index contributed by atoms with van der Waals surface area (Å²) in [6, 6.07) is 3.21. The van der Waals surface area contributed by atoms with E-state index < -0.39 is 12.8 Å². The lowest BCUT2D eigenvalue weighted by Crippen LogP contribution is -2.28. The third-order valence-electron chi connectivity index (χ3n) is 4.61. The first-order valence-corrected chi connectivity index (χ1v) is 9.46. The topological polar surface area (TPSA) is 105 Å². The minimum absolute atomic E-state index is 0.0177. The fourth-order valence-electron chi connectivity index (χ4n) is 3.26. The molecule has 0 radical (unpaired) electrons. The number of halogens is 3. The molecule has 31 heavy (non-hydrogen) atoms. The Labute approximate surface area is 176 Å². The maximum absolute atomic E-state index is 12.8. The van der Waals surface area contributed by atoms with Crippen molar-refractivity contribution >= 4 is 11.8 Å². The Morgan fingerprint density at radius 1 is 1.35 bits per heavy atom. The van der Waals surface area contributed by atoms with E-state index in [1.165, 1.54) is 12.4 Å². The molecule has 0 spiro atoms. The van der Waals surface area contributed by atoms with Gasteiger partial charge in [0.25, 0.3) is 5.91 Å². The van der Waals surface area contributed by atoms with Crippen LogP contribution in [0.15, 0.2) is 24.5 Å². The number of alkyl halides is 3. The lowest BCUT2D eigenvalue weighted by molar-refractivity contribution is -0.154. The SMILES string of the molecule is Cc1cc(CN2Cc3c(ccnc3CC(=O)NCCO)C2=O)cnc1OCC(F)(F)F. The van der Waals surface area contributed by atoms with E-state index in [9.17, 15) is 22.8 Å². The average molecular weight is 438 g/mol. The molecule has 2 amide bonds. The fourth-order valence-corrected chi connectivity index (χ4v) is 3.26. The van der Waals surface area contributed by atoms with Crippen LogP contribution in [0.5, 0.6) is 5.88 Å². The number of carbonyl (C=O) groups is 2. The Hall–Kier alpha value is -3.21. The number of aryl methyl sites for hydroxylation is 1. The van der Waals surface area contributed by atoms with Gasteiger partial charge in [0, 0.05) is 48.7 Å². The molecule has 0 fully saturated rings. The third-order valence-corrected chi connectivity index (χ3v) is 4.61. The van der Waals surface area contributed by atoms with Crippen molar-refractivity contribution in [3.8, 4) is 5.88 Å². The summed E-state index contributed by atoms with van der Waals surface area (Å²) in [6.45, 7) is 0.546. The molecule has 2 N–H and O–H groups in total. The van der Waals surface area contributed by atoms with Crippen molar-refractivity contribution in [1.29, 1.82) is 0 Å². The summed E-state index contributed by atoms with van der Waals surface area (Å²) in [7, 11) is 0. The highest BCUT2D eigenvalue weighted by atomic mass is 19.4. The fraction of sp³-hybridized carbons (Fsp3) is 0.400. The van der Waals surface area contributed by atoms with E-state index in [2.05, 4.69) is 15.3 Å². The van der Waals surface area contributed by atoms with Crippen LogP contribution in [0, 0.1) is 6.92 Å². The van der Waals surface area contributed by atoms with Crippen LogP contribution in [0.4, 0.5) is 13.2 Å². The minimum Gasteiger partial charge on any atom is -0.468 e. The van der Waals surface area contributed by atoms with Crippen LogP contribution in [0.2, 0.25) is 0 Å². The van der Waals surface area contributed by atoms with E-state index in [4.69, 9.17) is 9.84 Å². The summed E-state index contributed by atoms with van der Waals surface area (Å²) in [5.74, 6) is -0.655. The highest BCUT2D eigenvalue weighted by molar-refractivity contribution is 5.98. The lowest BCUT2D eigenvalue weighted by atomic mass is 10.1. The zero-order valence-corrected chi connectivity index (χ0v) is 16.7. The molecule has 0 saturated heterocycles. The van der Waals surface area contributed by atoms with Gasteiger partial charge in [-0.05, 0) is 24.6 Å². The summed E-state index contributed by atoms with van der Waals surface area (Å²) >= 11 is 0. The summed E-state index contributed by atoms with van der Waals surface area (Å²) in [5.41, 5.74) is 2.65. The molecule has 3 heterocycles. The van der Waals surface area contributed by atoms with E-state index in [1.807, 2.05) is 0 Å². The van der Waals surface area contributed by atoms with Crippen molar-refractivity contribution < 1.29 is 32.6 Å². The van der Waals surface area contributed by atoms with Gasteiger partial charge in [-0.1, -0.05) is 0 Å². The zero-order valence-electron chi connectivity index (χ0n) is 16.7. The highest BCUT2D eigenvalue weighted by Crippen LogP contribution is 2.27. The van der Waals surface area contributed by atoms with Crippen molar-refractivity contribution in [2.45, 2.75) is 32.6 Å². The first-order valence-electron chi connectivity index (χ1n) is 9.46. The predicted octanol–water partition coefficient (Wildman–Crippen LogP) is 1.53. The number of aliphatic hydroxyl groups excluding tert-OH is 1. The Balaban J connectivity index is 1.69. The van der Waals surface area contributed by atoms with Gasteiger partial charge in [0.05, 0.1) is 18.7 Å². The number of nitrogens with one attached hydrogen (secondary N) is 1. The van der Waals surface area contributed by atoms with Gasteiger partial charge < -0.3 is 20.1 Å². The normalized spacial score (nSPS) is 13.3. The molecular formula is C20H21F3N4O4. The quantitative estimate of drug-likeness (QED) is 0.648. The summed E-state index contributed by atoms with van der Waals surface area (Å²) in [4.78, 5) is 34.4. The molecule has 2 aromatic rings. The molecule has 0 saturated carbocycles. The van der Waals surface area contributed by atoms with Crippen molar-refractivity contribution in [2.24, 2.45) is 0 Å². The van der Waals surface area contributed by atoms with Crippen molar-refractivity contribution in [3.05, 3.63) is 52.5 Å². The largest absolute Gasteiger partial charge is 0.468 e. The van der Waals surface area contributed by atoms with Crippen LogP contribution in [0.1, 0.15) is 32.7 Å². The number of fused-ring (bicyclic) bond motifs is 1. The van der Waals surface area contributed by atoms with E-state index in [0.29, 0.717) is 27.9 Å². The molecule has 3 rings (SSSR count). The lowest BCUT2D eigenvalue weighted by Gasteiger charge is -2.17. The molecule has 0 unspecified atom stereocenters. The number of hydrogen-bond donors (Lipinski definition) is 2. The molecule has 0 aliphatic carbocycles. The zero-order chi connectivity index (χ0) is 22.6. The van der Waals surface area contributed by atoms with Crippen LogP contribution in [-0.4, -0.2) is 57.7 Å². The Kier molecular flexibility index (Phi) is 6.74. The first-order chi connectivity index (χ1) is 14.7. The van der Waals surface area contributed by atoms with Crippen molar-refractivity contribution in [3.63, 3.8) is 0 Å². The molecule has 1 aliphatic rings. The van der Waals surface area contributed by atoms with Gasteiger partial charge in [-0.2, -0.15) is 13.2 Å². The monoisotopic (exact) mass is 438 g/mol. The molecule has 166 valence electrons. The number of ether oxygens (including phenoxy) is 1. The smallest absolute Gasteiger partial charge is 0.422 e. The number of pyridine rings is 2. The number of nitrogens with zero attached hydrogens (tertiary/aromatic N) is 3. The van der Waals surface area contributed by atoms with Crippen molar-refractivity contribution in [1.82, 2.24) is 20.2 Å². The molecule has 0 bridgehead atoms. The van der Waals surface area contributed by atoms with E-state index in [0.717, 1.165) is 0 Å². The molecular weight excluding hydrogens is 417 g/mol. The Bertz CT molecular complexity index is 981. The second kappa shape index (κ2) is 9.29. The Morgan fingerprint density at radius 3 is 2.81 bits per heavy atom. The number of rotatable bonds is 8. The average Bonchev–Trinajstić information content (AvgIpc) is 3.02. The minimum atomic E-state index is -4.46. The standard InChI is InChI=1S/C20H21F3N4O4/c1-12-6-13(8-26-18(12)31-11-20(21,22)23)9-27-10-15-14(19(27)30)2-3-24-16(15)7-17(29)25-4-5-28/h2-3,6,8,28H,4-5,7,9-11H2,1H3,(H,25,29). The van der Waals surface area contributed by atoms with Gasteiger partial charge in [0.2, 0.25) is 11.8 Å². The molecule has 0 aromatic carbocycles. The number of hydrogen-bond acceptors (Lipinski definition) is 6. The maximum Gasteiger partial charge on any atom is 0.422 e. The Morgan fingerprint density at radius 2 is 2.13 bits per heavy atom. The maximum atomic E-state index is 12.8. The third kappa shape index (κ3) is 5.69. The first kappa shape index (κ1) is 22.5. The summed E-state index contributed by atoms with van der Waals surface area (Å²) < 4.78 is 41.7. The predicted molar refractivity (Wildman–Crippen MR) is 102 cm³/mol. The van der Waals surface area contributed by atoms with E-state index >= 15 is 0 Å². The number of aromatic nitrogens is 2. The number of aliphatic hydroxyl groups is 1. The summed E-state index contributed by atoms with van der Waals surface area (Å²) in [6.07, 6.45) is -1.64. The van der Waals surface area contributed by atoms with Gasteiger partial charge in [-0.15, -0.1) is 0 Å². The van der Waals surface area contributed by atoms with Crippen molar-refractivity contribution in [2.75, 3.05) is 19.8 Å². The van der Waals surface area contributed by atoms with Gasteiger partial charge in [0.1, 0.15) is 0 Å². The van der Waals surface area contributed by atoms with Gasteiger partial charge in [0.15, 0.2) is 6.61 Å². The molecule has 8 nitrogen and oxygen atoms in total. The van der Waals surface area contributed by atoms with Crippen LogP contribution in [0.3, 0.4) is 0 Å². The number of amides is 2. The van der Waals surface area contributed by atoms with Gasteiger partial charge >= 0.3 is 6.18 Å². The van der Waals surface area contributed by atoms with Crippen LogP contribution in [-0.2, 0) is 24.3 Å². The summed E-state index contributed by atoms with van der Waals surface area (Å²) in [5, 5.41) is 11.4. The van der Waals surface area contributed by atoms with Gasteiger partial charge in [-0.25, -0.2) is 4.98 Å². The van der Waals surface area contributed by atoms with E-state index in [-0.39, 0.29) is 50.4 Å².